The third kappa shape index (κ3) is 3.33. The van der Waals surface area contributed by atoms with Crippen molar-refractivity contribution in [3.63, 3.8) is 0 Å². The summed E-state index contributed by atoms with van der Waals surface area (Å²) in [6, 6.07) is 10.7. The Balaban J connectivity index is 2.08. The van der Waals surface area contributed by atoms with E-state index in [1.54, 1.807) is 18.6 Å². The molecule has 0 radical (unpaired) electrons. The first kappa shape index (κ1) is 13.6. The molecule has 0 aliphatic heterocycles. The lowest BCUT2D eigenvalue weighted by Crippen LogP contribution is -2.30. The number of hydrogen-bond acceptors (Lipinski definition) is 4. The monoisotopic (exact) mass is 277 g/mol. The van der Waals surface area contributed by atoms with Gasteiger partial charge in [-0.15, -0.1) is 11.3 Å². The summed E-state index contributed by atoms with van der Waals surface area (Å²) in [4.78, 5) is 12.6. The van der Waals surface area contributed by atoms with Gasteiger partial charge < -0.3 is 15.2 Å². The van der Waals surface area contributed by atoms with E-state index < -0.39 is 6.04 Å². The fourth-order valence-corrected chi connectivity index (χ4v) is 2.45. The minimum atomic E-state index is -0.401. The van der Waals surface area contributed by atoms with Gasteiger partial charge in [0, 0.05) is 11.4 Å². The van der Waals surface area contributed by atoms with Gasteiger partial charge in [-0.05, 0) is 5.56 Å². The van der Waals surface area contributed by atoms with E-state index in [1.165, 1.54) is 11.3 Å². The maximum Gasteiger partial charge on any atom is 0.262 e. The van der Waals surface area contributed by atoms with Gasteiger partial charge in [0.15, 0.2) is 0 Å². The number of benzene rings is 1. The zero-order valence-electron chi connectivity index (χ0n) is 10.5. The highest BCUT2D eigenvalue weighted by atomic mass is 32.1. The molecule has 5 heteroatoms. The fraction of sp³-hybridized carbons (Fsp3) is 0.214. The Morgan fingerprint density at radius 1 is 1.42 bits per heavy atom. The average molecular weight is 277 g/mol. The van der Waals surface area contributed by atoms with Gasteiger partial charge in [-0.2, -0.15) is 0 Å². The van der Waals surface area contributed by atoms with Gasteiger partial charge in [0.1, 0.15) is 5.75 Å². The summed E-state index contributed by atoms with van der Waals surface area (Å²) in [6.07, 6.45) is 0. The van der Waals surface area contributed by atoms with Crippen molar-refractivity contribution in [1.29, 1.82) is 0 Å². The summed E-state index contributed by atoms with van der Waals surface area (Å²) < 4.78 is 5.04. The minimum absolute atomic E-state index is 0.141. The third-order valence-corrected chi connectivity index (χ3v) is 3.63. The summed E-state index contributed by atoms with van der Waals surface area (Å²) >= 11 is 1.31. The van der Waals surface area contributed by atoms with Crippen molar-refractivity contribution in [3.8, 4) is 5.75 Å². The maximum atomic E-state index is 12.0. The second-order valence-corrected chi connectivity index (χ2v) is 4.88. The van der Waals surface area contributed by atoms with Crippen molar-refractivity contribution in [2.75, 3.05) is 13.7 Å². The molecule has 0 spiro atoms. The minimum Gasteiger partial charge on any atom is -0.496 e. The highest BCUT2D eigenvalue weighted by Gasteiger charge is 2.16. The number of thiophene rings is 1. The zero-order chi connectivity index (χ0) is 13.7. The number of rotatable bonds is 5. The fourth-order valence-electron chi connectivity index (χ4n) is 1.69. The van der Waals surface area contributed by atoms with E-state index in [0.717, 1.165) is 5.56 Å². The van der Waals surface area contributed by atoms with Crippen molar-refractivity contribution in [2.45, 2.75) is 6.04 Å². The molecule has 0 bridgehead atoms. The van der Waals surface area contributed by atoms with Crippen molar-refractivity contribution in [1.82, 2.24) is 5.32 Å². The summed E-state index contributed by atoms with van der Waals surface area (Å²) in [5.74, 6) is 0.451. The van der Waals surface area contributed by atoms with Crippen molar-refractivity contribution >= 4 is 17.2 Å². The van der Waals surface area contributed by atoms with Crippen LogP contribution in [0.1, 0.15) is 21.3 Å². The standard InChI is InChI=1S/C14H15NO3S/c1-18-11-7-13(19-9-11)14(17)15-12(8-16)10-5-3-2-4-6-10/h2-7,9,12,16H,8H2,1H3,(H,15,17). The van der Waals surface area contributed by atoms with Crippen LogP contribution in [0.15, 0.2) is 41.8 Å². The predicted molar refractivity (Wildman–Crippen MR) is 74.6 cm³/mol. The lowest BCUT2D eigenvalue weighted by Gasteiger charge is -2.16. The quantitative estimate of drug-likeness (QED) is 0.881. The second kappa shape index (κ2) is 6.36. The maximum absolute atomic E-state index is 12.0. The molecular weight excluding hydrogens is 262 g/mol. The van der Waals surface area contributed by atoms with Gasteiger partial charge in [0.2, 0.25) is 0 Å². The largest absolute Gasteiger partial charge is 0.496 e. The van der Waals surface area contributed by atoms with Crippen molar-refractivity contribution < 1.29 is 14.6 Å². The molecule has 4 nitrogen and oxygen atoms in total. The predicted octanol–water partition coefficient (Wildman–Crippen LogP) is 2.22. The van der Waals surface area contributed by atoms with Crippen LogP contribution in [-0.2, 0) is 0 Å². The van der Waals surface area contributed by atoms with Gasteiger partial charge >= 0.3 is 0 Å². The molecule has 0 saturated carbocycles. The van der Waals surface area contributed by atoms with E-state index in [9.17, 15) is 9.90 Å². The number of amides is 1. The summed E-state index contributed by atoms with van der Waals surface area (Å²) in [5.41, 5.74) is 0.877. The first-order valence-electron chi connectivity index (χ1n) is 5.83. The Hall–Kier alpha value is -1.85. The van der Waals surface area contributed by atoms with Crippen LogP contribution in [0.3, 0.4) is 0 Å². The van der Waals surface area contributed by atoms with E-state index in [1.807, 2.05) is 30.3 Å². The smallest absolute Gasteiger partial charge is 0.262 e. The molecule has 2 N–H and O–H groups in total. The van der Waals surface area contributed by atoms with Gasteiger partial charge in [0.05, 0.1) is 24.6 Å². The normalized spacial score (nSPS) is 11.9. The number of aliphatic hydroxyl groups excluding tert-OH is 1. The van der Waals surface area contributed by atoms with Crippen LogP contribution >= 0.6 is 11.3 Å². The van der Waals surface area contributed by atoms with Crippen LogP contribution in [0.25, 0.3) is 0 Å². The van der Waals surface area contributed by atoms with Gasteiger partial charge in [-0.3, -0.25) is 4.79 Å². The summed E-state index contributed by atoms with van der Waals surface area (Å²) in [5, 5.41) is 14.0. The Kier molecular flexibility index (Phi) is 4.54. The van der Waals surface area contributed by atoms with Crippen LogP contribution in [0.2, 0.25) is 0 Å². The lowest BCUT2D eigenvalue weighted by molar-refractivity contribution is 0.0920. The molecule has 2 rings (SSSR count). The highest BCUT2D eigenvalue weighted by molar-refractivity contribution is 7.12. The Bertz CT molecular complexity index is 539. The van der Waals surface area contributed by atoms with Crippen LogP contribution in [0.5, 0.6) is 5.75 Å². The van der Waals surface area contributed by atoms with E-state index >= 15 is 0 Å². The molecule has 2 aromatic rings. The molecule has 1 atom stereocenters. The second-order valence-electron chi connectivity index (χ2n) is 3.97. The molecule has 1 aromatic heterocycles. The number of aliphatic hydroxyl groups is 1. The topological polar surface area (TPSA) is 58.6 Å². The molecule has 19 heavy (non-hydrogen) atoms. The van der Waals surface area contributed by atoms with Gasteiger partial charge in [0.25, 0.3) is 5.91 Å². The Morgan fingerprint density at radius 2 is 2.16 bits per heavy atom. The lowest BCUT2D eigenvalue weighted by atomic mass is 10.1. The number of methoxy groups -OCH3 is 1. The van der Waals surface area contributed by atoms with Gasteiger partial charge in [-0.25, -0.2) is 0 Å². The highest BCUT2D eigenvalue weighted by Crippen LogP contribution is 2.22. The molecule has 100 valence electrons. The number of carbonyl (C=O) groups excluding carboxylic acids is 1. The molecule has 1 amide bonds. The number of carbonyl (C=O) groups is 1. The zero-order valence-corrected chi connectivity index (χ0v) is 11.3. The molecule has 1 heterocycles. The summed E-state index contributed by atoms with van der Waals surface area (Å²) in [7, 11) is 1.56. The molecule has 0 saturated heterocycles. The van der Waals surface area contributed by atoms with Crippen molar-refractivity contribution in [2.24, 2.45) is 0 Å². The molecular formula is C14H15NO3S. The number of hydrogen-bond donors (Lipinski definition) is 2. The van der Waals surface area contributed by atoms with Gasteiger partial charge in [-0.1, -0.05) is 30.3 Å². The SMILES string of the molecule is COc1csc(C(=O)NC(CO)c2ccccc2)c1. The third-order valence-electron chi connectivity index (χ3n) is 2.72. The molecule has 0 aliphatic carbocycles. The molecule has 1 aromatic carbocycles. The first-order valence-corrected chi connectivity index (χ1v) is 6.71. The van der Waals surface area contributed by atoms with E-state index in [0.29, 0.717) is 10.6 Å². The molecule has 1 unspecified atom stereocenters. The number of ether oxygens (including phenoxy) is 1. The van der Waals surface area contributed by atoms with Crippen molar-refractivity contribution in [3.05, 3.63) is 52.2 Å². The average Bonchev–Trinajstić information content (AvgIpc) is 2.94. The number of nitrogens with one attached hydrogen (secondary N) is 1. The molecule has 0 aliphatic rings. The Morgan fingerprint density at radius 3 is 2.74 bits per heavy atom. The van der Waals surface area contributed by atoms with E-state index in [-0.39, 0.29) is 12.5 Å². The van der Waals surface area contributed by atoms with Crippen LogP contribution in [0, 0.1) is 0 Å². The van der Waals surface area contributed by atoms with Crippen LogP contribution in [-0.4, -0.2) is 24.7 Å². The van der Waals surface area contributed by atoms with Crippen LogP contribution in [0.4, 0.5) is 0 Å². The van der Waals surface area contributed by atoms with E-state index in [4.69, 9.17) is 4.74 Å². The van der Waals surface area contributed by atoms with Crippen LogP contribution < -0.4 is 10.1 Å². The first-order chi connectivity index (χ1) is 9.24. The molecule has 0 fully saturated rings. The van der Waals surface area contributed by atoms with E-state index in [2.05, 4.69) is 5.32 Å². The Labute approximate surface area is 115 Å². The summed E-state index contributed by atoms with van der Waals surface area (Å²) in [6.45, 7) is -0.141.